The Morgan fingerprint density at radius 1 is 1.19 bits per heavy atom. The first kappa shape index (κ1) is 33.5. The van der Waals surface area contributed by atoms with Gasteiger partial charge in [0, 0.05) is 13.3 Å². The molecule has 0 radical (unpaired) electrons. The molecule has 0 saturated carbocycles. The zero-order valence-electron chi connectivity index (χ0n) is 23.3. The zero-order valence-corrected chi connectivity index (χ0v) is 23.3. The van der Waals surface area contributed by atoms with Crippen molar-refractivity contribution in [3.8, 4) is 0 Å². The van der Waals surface area contributed by atoms with E-state index in [1.54, 1.807) is 6.92 Å². The van der Waals surface area contributed by atoms with E-state index in [-0.39, 0.29) is 35.8 Å². The molecule has 3 N–H and O–H groups in total. The molecule has 1 fully saturated rings. The van der Waals surface area contributed by atoms with Gasteiger partial charge >= 0.3 is 18.4 Å². The maximum Gasteiger partial charge on any atom is 0.416 e. The molecule has 0 aliphatic carbocycles. The van der Waals surface area contributed by atoms with Crippen molar-refractivity contribution in [1.82, 2.24) is 30.8 Å². The van der Waals surface area contributed by atoms with Crippen LogP contribution in [0.2, 0.25) is 0 Å². The smallest absolute Gasteiger partial charge is 0.382 e. The summed E-state index contributed by atoms with van der Waals surface area (Å²) in [5.41, 5.74) is -2.64. The van der Waals surface area contributed by atoms with Crippen LogP contribution in [-0.2, 0) is 20.7 Å². The second kappa shape index (κ2) is 13.1. The number of nitrogens with zero attached hydrogens (tertiary/aromatic N) is 4. The molecule has 238 valence electrons. The maximum absolute atomic E-state index is 13.4. The van der Waals surface area contributed by atoms with Gasteiger partial charge in [0.2, 0.25) is 0 Å². The number of carbonyl (C=O) groups is 3. The number of ether oxygens (including phenoxy) is 2. The topological polar surface area (TPSA) is 161 Å². The van der Waals surface area contributed by atoms with Crippen LogP contribution in [-0.4, -0.2) is 94.9 Å². The Labute approximate surface area is 240 Å². The number of hydrogen-bond donors (Lipinski definition) is 3. The van der Waals surface area contributed by atoms with E-state index in [9.17, 15) is 40.7 Å². The van der Waals surface area contributed by atoms with E-state index < -0.39 is 67.1 Å². The number of rotatable bonds is 12. The van der Waals surface area contributed by atoms with E-state index in [0.29, 0.717) is 0 Å². The van der Waals surface area contributed by atoms with Gasteiger partial charge in [0.1, 0.15) is 23.6 Å². The number of hydrogen-bond acceptors (Lipinski definition) is 9. The number of anilines is 1. The second-order valence-corrected chi connectivity index (χ2v) is 9.89. The summed E-state index contributed by atoms with van der Waals surface area (Å²) in [5, 5.41) is 13.5. The Kier molecular flexibility index (Phi) is 10.2. The lowest BCUT2D eigenvalue weighted by atomic mass is 10.1. The van der Waals surface area contributed by atoms with Crippen LogP contribution in [0.3, 0.4) is 0 Å². The summed E-state index contributed by atoms with van der Waals surface area (Å²) in [5.74, 6) is -2.22. The molecule has 1 aliphatic rings. The van der Waals surface area contributed by atoms with Gasteiger partial charge in [-0.2, -0.15) is 26.3 Å². The third-order valence-electron chi connectivity index (χ3n) is 6.48. The van der Waals surface area contributed by atoms with Gasteiger partial charge in [-0.15, -0.1) is 0 Å². The van der Waals surface area contributed by atoms with E-state index in [1.807, 2.05) is 5.32 Å². The largest absolute Gasteiger partial charge is 0.416 e. The maximum atomic E-state index is 13.4. The number of aryl methyl sites for hydroxylation is 1. The Balaban J connectivity index is 1.84. The van der Waals surface area contributed by atoms with Crippen LogP contribution in [0.15, 0.2) is 23.0 Å². The van der Waals surface area contributed by atoms with Gasteiger partial charge in [-0.3, -0.25) is 9.59 Å². The highest BCUT2D eigenvalue weighted by molar-refractivity contribution is 6.00. The highest BCUT2D eigenvalue weighted by atomic mass is 19.4. The Morgan fingerprint density at radius 3 is 2.47 bits per heavy atom. The molecule has 3 rings (SSSR count). The monoisotopic (exact) mass is 625 g/mol. The van der Waals surface area contributed by atoms with Crippen LogP contribution in [0.4, 0.5) is 37.0 Å². The van der Waals surface area contributed by atoms with Crippen LogP contribution < -0.4 is 16.0 Å². The summed E-state index contributed by atoms with van der Waals surface area (Å²) in [6.45, 7) is 1.24. The van der Waals surface area contributed by atoms with E-state index in [0.717, 1.165) is 18.7 Å². The van der Waals surface area contributed by atoms with Crippen molar-refractivity contribution in [2.45, 2.75) is 63.3 Å². The normalized spacial score (nSPS) is 17.4. The minimum atomic E-state index is -4.82. The number of methoxy groups -OCH3 is 1. The van der Waals surface area contributed by atoms with E-state index >= 15 is 0 Å². The number of aromatic nitrogens is 3. The fraction of sp³-hybridized carbons (Fsp3) is 0.583. The predicted molar refractivity (Wildman–Crippen MR) is 134 cm³/mol. The van der Waals surface area contributed by atoms with Gasteiger partial charge in [0.15, 0.2) is 11.3 Å². The molecule has 0 unspecified atom stereocenters. The summed E-state index contributed by atoms with van der Waals surface area (Å²) in [6.07, 6.45) is -8.10. The van der Waals surface area contributed by atoms with Crippen LogP contribution in [0.25, 0.3) is 0 Å². The minimum absolute atomic E-state index is 0.130. The van der Waals surface area contributed by atoms with Crippen molar-refractivity contribution in [2.24, 2.45) is 0 Å². The fourth-order valence-electron chi connectivity index (χ4n) is 3.87. The lowest BCUT2D eigenvalue weighted by Crippen LogP contribution is -2.51. The number of nitrogens with one attached hydrogen (secondary N) is 3. The summed E-state index contributed by atoms with van der Waals surface area (Å²) >= 11 is 0. The van der Waals surface area contributed by atoms with Crippen LogP contribution in [0.5, 0.6) is 0 Å². The Morgan fingerprint density at radius 2 is 1.88 bits per heavy atom. The third kappa shape index (κ3) is 8.09. The first-order chi connectivity index (χ1) is 20.0. The molecule has 4 amide bonds. The third-order valence-corrected chi connectivity index (χ3v) is 6.48. The van der Waals surface area contributed by atoms with E-state index in [1.165, 1.54) is 25.4 Å². The molecule has 0 bridgehead atoms. The molecule has 0 aromatic carbocycles. The van der Waals surface area contributed by atoms with Gasteiger partial charge in [-0.1, -0.05) is 12.1 Å². The molecule has 19 heteroatoms. The highest BCUT2D eigenvalue weighted by Crippen LogP contribution is 2.33. The average molecular weight is 626 g/mol. The van der Waals surface area contributed by atoms with E-state index in [4.69, 9.17) is 9.47 Å². The molecule has 3 atom stereocenters. The molecular formula is C24H29F6N7O6. The van der Waals surface area contributed by atoms with Crippen molar-refractivity contribution in [1.29, 1.82) is 0 Å². The summed E-state index contributed by atoms with van der Waals surface area (Å²) in [4.78, 5) is 43.2. The first-order valence-corrected chi connectivity index (χ1v) is 12.7. The van der Waals surface area contributed by atoms with Crippen molar-refractivity contribution < 1.29 is 54.8 Å². The van der Waals surface area contributed by atoms with Gasteiger partial charge in [-0.25, -0.2) is 14.4 Å². The predicted octanol–water partition coefficient (Wildman–Crippen LogP) is 2.77. The molecule has 43 heavy (non-hydrogen) atoms. The molecule has 2 aromatic heterocycles. The van der Waals surface area contributed by atoms with Gasteiger partial charge in [-0.05, 0) is 43.1 Å². The highest BCUT2D eigenvalue weighted by Gasteiger charge is 2.50. The van der Waals surface area contributed by atoms with Gasteiger partial charge < -0.3 is 30.3 Å². The minimum Gasteiger partial charge on any atom is -0.382 e. The van der Waals surface area contributed by atoms with Crippen LogP contribution >= 0.6 is 0 Å². The van der Waals surface area contributed by atoms with E-state index in [2.05, 4.69) is 30.6 Å². The quantitative estimate of drug-likeness (QED) is 0.301. The molecule has 0 spiro atoms. The standard InChI is InChI=1S/C24H29F6N7O6/c1-5-13-18(36-43-35-13)20(39)32-14(10-42-22(2,3)24(28,29)30)19(38)34-17-8-12(6-7-31-17)15(11-41-4)37-9-16(23(25,26)27)33-21(37)40/h6-8,14-16H,5,9-11H2,1-4H3,(H,32,39)(H,33,40)(H,31,34,38)/t14-,15+,16-/m0/s1. The molecule has 13 nitrogen and oxygen atoms in total. The summed E-state index contributed by atoms with van der Waals surface area (Å²) < 4.78 is 94.4. The van der Waals surface area contributed by atoms with Gasteiger partial charge in [0.25, 0.3) is 11.8 Å². The molecule has 3 heterocycles. The SMILES string of the molecule is CCc1nonc1C(=O)N[C@@H](COC(C)(C)C(F)(F)F)C(=O)Nc1cc([C@@H](COC)N2C[C@@H](C(F)(F)F)NC2=O)ccn1. The zero-order chi connectivity index (χ0) is 32.2. The first-order valence-electron chi connectivity index (χ1n) is 12.7. The summed E-state index contributed by atoms with van der Waals surface area (Å²) in [6, 6.07) is -3.23. The van der Waals surface area contributed by atoms with Crippen molar-refractivity contribution >= 4 is 23.7 Å². The van der Waals surface area contributed by atoms with Crippen molar-refractivity contribution in [2.75, 3.05) is 32.2 Å². The Bertz CT molecular complexity index is 1300. The number of halogens is 6. The fourth-order valence-corrected chi connectivity index (χ4v) is 3.87. The molecule has 1 aliphatic heterocycles. The number of urea groups is 1. The average Bonchev–Trinajstić information content (AvgIpc) is 3.55. The second-order valence-electron chi connectivity index (χ2n) is 9.89. The number of alkyl halides is 6. The molecular weight excluding hydrogens is 596 g/mol. The van der Waals surface area contributed by atoms with Crippen LogP contribution in [0, 0.1) is 0 Å². The summed E-state index contributed by atoms with van der Waals surface area (Å²) in [7, 11) is 1.27. The van der Waals surface area contributed by atoms with Crippen LogP contribution in [0.1, 0.15) is 48.6 Å². The number of amides is 4. The molecule has 1 saturated heterocycles. The number of carbonyl (C=O) groups excluding carboxylic acids is 3. The number of pyridine rings is 1. The van der Waals surface area contributed by atoms with Gasteiger partial charge in [0.05, 0.1) is 25.8 Å². The lowest BCUT2D eigenvalue weighted by Gasteiger charge is -2.30. The van der Waals surface area contributed by atoms with Crippen molar-refractivity contribution in [3.63, 3.8) is 0 Å². The Hall–Kier alpha value is -4.00. The van der Waals surface area contributed by atoms with Crippen molar-refractivity contribution in [3.05, 3.63) is 35.3 Å². The molecule has 2 aromatic rings. The lowest BCUT2D eigenvalue weighted by molar-refractivity contribution is -0.264.